The van der Waals surface area contributed by atoms with Gasteiger partial charge in [0.1, 0.15) is 24.7 Å². The maximum Gasteiger partial charge on any atom is 0.328 e. The van der Waals surface area contributed by atoms with Gasteiger partial charge in [0.15, 0.2) is 0 Å². The van der Waals surface area contributed by atoms with Gasteiger partial charge in [0.2, 0.25) is 5.82 Å². The predicted molar refractivity (Wildman–Crippen MR) is 117 cm³/mol. The van der Waals surface area contributed by atoms with Crippen LogP contribution in [0.2, 0.25) is 0 Å². The van der Waals surface area contributed by atoms with Gasteiger partial charge in [-0.3, -0.25) is 4.79 Å². The van der Waals surface area contributed by atoms with Crippen molar-refractivity contribution in [1.29, 1.82) is 0 Å². The lowest BCUT2D eigenvalue weighted by atomic mass is 10.3. The van der Waals surface area contributed by atoms with Crippen molar-refractivity contribution in [2.45, 2.75) is 18.9 Å². The zero-order chi connectivity index (χ0) is 25.3. The number of aliphatic carboxylic acids is 1. The van der Waals surface area contributed by atoms with Gasteiger partial charge in [-0.25, -0.2) is 19.8 Å². The highest BCUT2D eigenvalue weighted by atomic mass is 32.1. The number of hydrogen-bond donors (Lipinski definition) is 3. The van der Waals surface area contributed by atoms with E-state index < -0.39 is 18.0 Å². The number of rotatable bonds is 18. The molecule has 1 fully saturated rings. The Bertz CT molecular complexity index is 778. The van der Waals surface area contributed by atoms with Gasteiger partial charge in [0, 0.05) is 32.1 Å². The van der Waals surface area contributed by atoms with Crippen molar-refractivity contribution in [3.05, 3.63) is 12.2 Å². The van der Waals surface area contributed by atoms with Crippen molar-refractivity contribution in [2.75, 3.05) is 64.6 Å². The van der Waals surface area contributed by atoms with E-state index in [4.69, 9.17) is 29.4 Å². The number of nitrogens with one attached hydrogen (secondary N) is 1. The number of hydrogen-bond acceptors (Lipinski definition) is 16. The number of esters is 1. The van der Waals surface area contributed by atoms with E-state index in [1.165, 1.54) is 0 Å². The first kappa shape index (κ1) is 28.8. The van der Waals surface area contributed by atoms with Crippen LogP contribution in [0.5, 0.6) is 5.88 Å². The summed E-state index contributed by atoms with van der Waals surface area (Å²) < 4.78 is 25.1. The van der Waals surface area contributed by atoms with Crippen LogP contribution in [0.4, 0.5) is 5.82 Å². The minimum atomic E-state index is -1.16. The molecule has 17 heteroatoms. The van der Waals surface area contributed by atoms with Crippen molar-refractivity contribution in [1.82, 2.24) is 19.5 Å². The van der Waals surface area contributed by atoms with Gasteiger partial charge >= 0.3 is 11.9 Å². The van der Waals surface area contributed by atoms with Crippen LogP contribution in [-0.2, 0) is 38.8 Å². The topological polar surface area (TPSA) is 183 Å². The lowest BCUT2D eigenvalue weighted by Gasteiger charge is -2.27. The highest BCUT2D eigenvalue weighted by molar-refractivity contribution is 6.99. The summed E-state index contributed by atoms with van der Waals surface area (Å²) in [6.45, 7) is 2.69. The highest BCUT2D eigenvalue weighted by Gasteiger charge is 2.22. The summed E-state index contributed by atoms with van der Waals surface area (Å²) in [5, 5.41) is 20.2. The quantitative estimate of drug-likeness (QED) is 0.0755. The number of nitrogens with zero attached hydrogens (tertiary/aromatic N) is 4. The van der Waals surface area contributed by atoms with Gasteiger partial charge < -0.3 is 29.5 Å². The Morgan fingerprint density at radius 3 is 2.86 bits per heavy atom. The number of aromatic nitrogens is 2. The van der Waals surface area contributed by atoms with Crippen LogP contribution in [0.25, 0.3) is 0 Å². The number of carboxylic acid groups (broad SMARTS) is 1. The lowest BCUT2D eigenvalue weighted by Crippen LogP contribution is -2.37. The van der Waals surface area contributed by atoms with Crippen molar-refractivity contribution < 1.29 is 53.9 Å². The average molecular weight is 524 g/mol. The van der Waals surface area contributed by atoms with Crippen LogP contribution >= 0.6 is 11.7 Å². The normalized spacial score (nSPS) is 15.0. The standard InChI is InChI=1S/C18H29N5O11S/c1-19-12-14(13-29-18-17(20-35-21-18)22-6-10-28-11-7-22)32-16(26)5-3-8-30-23(33-27)34-31-9-2-4-15(24)25/h2,4,14,19,27H,3,5-13H2,1H3,(H,24,25)/b4-2+. The zero-order valence-corrected chi connectivity index (χ0v) is 19.9. The van der Waals surface area contributed by atoms with Gasteiger partial charge in [-0.05, 0) is 19.5 Å². The second kappa shape index (κ2) is 17.0. The SMILES string of the molecule is CNCC(COc1nsnc1N1CCOCC1)OC(=O)CCCON(OO)OOC/C=C/C(=O)O. The molecule has 1 aromatic rings. The molecule has 2 rings (SSSR count). The van der Waals surface area contributed by atoms with E-state index in [9.17, 15) is 9.59 Å². The molecule has 0 saturated carbocycles. The predicted octanol–water partition coefficient (Wildman–Crippen LogP) is -0.193. The molecule has 0 radical (unpaired) electrons. The van der Waals surface area contributed by atoms with Crippen LogP contribution in [0, 0.1) is 0 Å². The number of carbonyl (C=O) groups excluding carboxylic acids is 1. The smallest absolute Gasteiger partial charge is 0.328 e. The number of anilines is 1. The van der Waals surface area contributed by atoms with Gasteiger partial charge in [0.25, 0.3) is 5.88 Å². The zero-order valence-electron chi connectivity index (χ0n) is 19.1. The molecule has 0 amide bonds. The summed E-state index contributed by atoms with van der Waals surface area (Å²) >= 11 is 1.04. The first-order chi connectivity index (χ1) is 17.0. The van der Waals surface area contributed by atoms with Gasteiger partial charge in [0.05, 0.1) is 31.5 Å². The van der Waals surface area contributed by atoms with Crippen LogP contribution < -0.4 is 15.0 Å². The summed E-state index contributed by atoms with van der Waals surface area (Å²) in [4.78, 5) is 42.2. The number of likely N-dealkylation sites (N-methyl/N-ethyl adjacent to an activating group) is 1. The fourth-order valence-electron chi connectivity index (χ4n) is 2.69. The molecule has 35 heavy (non-hydrogen) atoms. The fraction of sp³-hybridized carbons (Fsp3) is 0.667. The van der Waals surface area contributed by atoms with E-state index in [1.807, 2.05) is 4.90 Å². The second-order valence-corrected chi connectivity index (χ2v) is 7.34. The van der Waals surface area contributed by atoms with Crippen molar-refractivity contribution in [3.63, 3.8) is 0 Å². The number of carbonyl (C=O) groups is 2. The van der Waals surface area contributed by atoms with Crippen LogP contribution in [0.3, 0.4) is 0 Å². The molecule has 0 bridgehead atoms. The molecule has 0 aliphatic carbocycles. The van der Waals surface area contributed by atoms with E-state index in [-0.39, 0.29) is 38.1 Å². The van der Waals surface area contributed by atoms with Crippen LogP contribution in [0.1, 0.15) is 12.8 Å². The Kier molecular flexibility index (Phi) is 14.0. The monoisotopic (exact) mass is 523 g/mol. The number of carboxylic acids is 1. The third-order valence-corrected chi connectivity index (χ3v) is 4.72. The third-order valence-electron chi connectivity index (χ3n) is 4.22. The molecule has 1 aromatic heterocycles. The molecule has 1 saturated heterocycles. The minimum absolute atomic E-state index is 0.00102. The molecule has 1 aliphatic rings. The lowest BCUT2D eigenvalue weighted by molar-refractivity contribution is -0.682. The summed E-state index contributed by atoms with van der Waals surface area (Å²) in [5.74, 6) is -0.625. The first-order valence-electron chi connectivity index (χ1n) is 10.6. The summed E-state index contributed by atoms with van der Waals surface area (Å²) in [5.41, 5.74) is 0. The third kappa shape index (κ3) is 11.7. The Morgan fingerprint density at radius 2 is 2.14 bits per heavy atom. The maximum atomic E-state index is 12.2. The van der Waals surface area contributed by atoms with Gasteiger partial charge in [-0.2, -0.15) is 4.37 Å². The Balaban J connectivity index is 1.67. The molecule has 16 nitrogen and oxygen atoms in total. The molecular formula is C18H29N5O11S. The van der Waals surface area contributed by atoms with Crippen molar-refractivity contribution in [3.8, 4) is 5.88 Å². The molecule has 1 unspecified atom stereocenters. The molecular weight excluding hydrogens is 494 g/mol. The molecule has 0 aromatic carbocycles. The molecule has 1 aliphatic heterocycles. The fourth-order valence-corrected chi connectivity index (χ4v) is 3.21. The van der Waals surface area contributed by atoms with E-state index in [0.29, 0.717) is 44.5 Å². The molecule has 0 spiro atoms. The van der Waals surface area contributed by atoms with Gasteiger partial charge in [-0.1, -0.05) is 9.98 Å². The van der Waals surface area contributed by atoms with Crippen LogP contribution in [0.15, 0.2) is 12.2 Å². The molecule has 198 valence electrons. The van der Waals surface area contributed by atoms with E-state index in [2.05, 4.69) is 28.9 Å². The first-order valence-corrected chi connectivity index (χ1v) is 11.3. The molecule has 1 atom stereocenters. The van der Waals surface area contributed by atoms with Crippen molar-refractivity contribution >= 4 is 29.5 Å². The Labute approximate surface area is 204 Å². The average Bonchev–Trinajstić information content (AvgIpc) is 3.33. The Morgan fingerprint density at radius 1 is 1.34 bits per heavy atom. The van der Waals surface area contributed by atoms with E-state index in [1.54, 1.807) is 7.05 Å². The minimum Gasteiger partial charge on any atom is -0.478 e. The molecule has 3 N–H and O–H groups in total. The number of ether oxygens (including phenoxy) is 3. The van der Waals surface area contributed by atoms with Crippen molar-refractivity contribution in [2.24, 2.45) is 0 Å². The maximum absolute atomic E-state index is 12.2. The highest BCUT2D eigenvalue weighted by Crippen LogP contribution is 2.26. The Hall–Kier alpha value is -2.48. The van der Waals surface area contributed by atoms with Crippen LogP contribution in [-0.4, -0.2) is 102 Å². The summed E-state index contributed by atoms with van der Waals surface area (Å²) in [6.07, 6.45) is 1.61. The van der Waals surface area contributed by atoms with Gasteiger partial charge in [-0.15, -0.1) is 4.37 Å². The van der Waals surface area contributed by atoms with E-state index >= 15 is 0 Å². The van der Waals surface area contributed by atoms with E-state index in [0.717, 1.165) is 23.9 Å². The number of morpholine rings is 1. The second-order valence-electron chi connectivity index (χ2n) is 6.81. The largest absolute Gasteiger partial charge is 0.478 e. The summed E-state index contributed by atoms with van der Waals surface area (Å²) in [6, 6.07) is 0. The molecule has 2 heterocycles. The summed E-state index contributed by atoms with van der Waals surface area (Å²) in [7, 11) is 1.72.